The van der Waals surface area contributed by atoms with Crippen LogP contribution in [0, 0.1) is 6.92 Å². The van der Waals surface area contributed by atoms with E-state index in [-0.39, 0.29) is 23.8 Å². The summed E-state index contributed by atoms with van der Waals surface area (Å²) in [4.78, 5) is 31.8. The summed E-state index contributed by atoms with van der Waals surface area (Å²) in [6, 6.07) is 15.5. The lowest BCUT2D eigenvalue weighted by molar-refractivity contribution is -0.131. The fourth-order valence-electron chi connectivity index (χ4n) is 3.41. The molecule has 0 radical (unpaired) electrons. The molecule has 2 aromatic rings. The normalized spacial score (nSPS) is 16.0. The summed E-state index contributed by atoms with van der Waals surface area (Å²) < 4.78 is 0. The highest BCUT2D eigenvalue weighted by Crippen LogP contribution is 2.28. The summed E-state index contributed by atoms with van der Waals surface area (Å²) >= 11 is 0. The zero-order valence-electron chi connectivity index (χ0n) is 18.0. The van der Waals surface area contributed by atoms with Crippen molar-refractivity contribution in [3.8, 4) is 0 Å². The van der Waals surface area contributed by atoms with E-state index in [0.717, 1.165) is 16.8 Å². The van der Waals surface area contributed by atoms with E-state index in [1.54, 1.807) is 0 Å². The number of nitrogens with zero attached hydrogens (tertiary/aromatic N) is 2. The number of aryl methyl sites for hydroxylation is 1. The van der Waals surface area contributed by atoms with Crippen LogP contribution in [0.1, 0.15) is 51.3 Å². The lowest BCUT2D eigenvalue weighted by Gasteiger charge is -2.28. The molecule has 2 aromatic carbocycles. The summed E-state index contributed by atoms with van der Waals surface area (Å²) in [6.45, 7) is 12.1. The van der Waals surface area contributed by atoms with Gasteiger partial charge in [-0.15, -0.1) is 0 Å². The maximum absolute atomic E-state index is 13.1. The Balaban J connectivity index is 1.76. The molecule has 152 valence electrons. The van der Waals surface area contributed by atoms with Crippen molar-refractivity contribution in [2.45, 2.75) is 52.6 Å². The first-order chi connectivity index (χ1) is 13.5. The Kier molecular flexibility index (Phi) is 5.35. The van der Waals surface area contributed by atoms with Crippen LogP contribution in [0.2, 0.25) is 0 Å². The van der Waals surface area contributed by atoms with E-state index < -0.39 is 5.66 Å². The number of carbonyl (C=O) groups excluding carboxylic acids is 2. The molecule has 2 amide bonds. The maximum Gasteiger partial charge on any atom is 0.275 e. The van der Waals surface area contributed by atoms with Gasteiger partial charge < -0.3 is 10.2 Å². The number of hydrogen-bond donors (Lipinski definition) is 1. The molecule has 0 aromatic heterocycles. The first-order valence-corrected chi connectivity index (χ1v) is 9.87. The number of amides is 2. The van der Waals surface area contributed by atoms with Gasteiger partial charge in [-0.25, -0.2) is 0 Å². The number of carbonyl (C=O) groups is 2. The molecule has 5 nitrogen and oxygen atoms in total. The van der Waals surface area contributed by atoms with Gasteiger partial charge >= 0.3 is 0 Å². The SMILES string of the molecule is Cc1cccc(NC(=O)CN2C(=O)C(c3ccc(C(C)(C)C)cc3)=NC2(C)C)c1. The fraction of sp³-hybridized carbons (Fsp3) is 0.375. The highest BCUT2D eigenvalue weighted by molar-refractivity contribution is 6.47. The van der Waals surface area contributed by atoms with E-state index in [4.69, 9.17) is 0 Å². The quantitative estimate of drug-likeness (QED) is 0.845. The second kappa shape index (κ2) is 7.47. The molecule has 0 spiro atoms. The molecule has 29 heavy (non-hydrogen) atoms. The monoisotopic (exact) mass is 391 g/mol. The van der Waals surface area contributed by atoms with Crippen LogP contribution in [0.3, 0.4) is 0 Å². The van der Waals surface area contributed by atoms with Crippen LogP contribution in [0.15, 0.2) is 53.5 Å². The van der Waals surface area contributed by atoms with Gasteiger partial charge in [-0.2, -0.15) is 0 Å². The molecule has 0 aliphatic carbocycles. The smallest absolute Gasteiger partial charge is 0.275 e. The van der Waals surface area contributed by atoms with Gasteiger partial charge in [-0.3, -0.25) is 14.6 Å². The van der Waals surface area contributed by atoms with E-state index in [9.17, 15) is 9.59 Å². The van der Waals surface area contributed by atoms with Gasteiger partial charge in [0.25, 0.3) is 5.91 Å². The highest BCUT2D eigenvalue weighted by Gasteiger charge is 2.41. The van der Waals surface area contributed by atoms with Crippen molar-refractivity contribution >= 4 is 23.2 Å². The topological polar surface area (TPSA) is 61.8 Å². The van der Waals surface area contributed by atoms with Crippen LogP contribution >= 0.6 is 0 Å². The molecule has 5 heteroatoms. The van der Waals surface area contributed by atoms with Gasteiger partial charge in [-0.1, -0.05) is 57.2 Å². The third-order valence-electron chi connectivity index (χ3n) is 5.12. The highest BCUT2D eigenvalue weighted by atomic mass is 16.2. The fourth-order valence-corrected chi connectivity index (χ4v) is 3.41. The standard InChI is InChI=1S/C24H29N3O2/c1-16-8-7-9-19(14-16)25-20(28)15-27-22(29)21(26-24(27,5)6)17-10-12-18(13-11-17)23(2,3)4/h7-14H,15H2,1-6H3,(H,25,28). The van der Waals surface area contributed by atoms with Crippen molar-refractivity contribution in [2.24, 2.45) is 4.99 Å². The second-order valence-corrected chi connectivity index (χ2v) is 9.09. The van der Waals surface area contributed by atoms with Crippen LogP contribution in [0.25, 0.3) is 0 Å². The Labute approximate surface area is 172 Å². The molecular weight excluding hydrogens is 362 g/mol. The second-order valence-electron chi connectivity index (χ2n) is 9.09. The summed E-state index contributed by atoms with van der Waals surface area (Å²) in [5, 5.41) is 2.86. The molecule has 0 saturated carbocycles. The van der Waals surface area contributed by atoms with Crippen LogP contribution in [0.5, 0.6) is 0 Å². The molecule has 1 heterocycles. The van der Waals surface area contributed by atoms with Gasteiger partial charge in [-0.05, 0) is 49.4 Å². The van der Waals surface area contributed by atoms with Gasteiger partial charge in [0.1, 0.15) is 17.9 Å². The molecule has 0 saturated heterocycles. The van der Waals surface area contributed by atoms with Gasteiger partial charge in [0.15, 0.2) is 0 Å². The van der Waals surface area contributed by atoms with Gasteiger partial charge in [0.05, 0.1) is 0 Å². The Morgan fingerprint density at radius 2 is 1.76 bits per heavy atom. The Hall–Kier alpha value is -2.95. The molecule has 1 aliphatic heterocycles. The molecule has 1 N–H and O–H groups in total. The van der Waals surface area contributed by atoms with E-state index in [0.29, 0.717) is 5.71 Å². The summed E-state index contributed by atoms with van der Waals surface area (Å²) in [5.41, 5.74) is 3.42. The van der Waals surface area contributed by atoms with Crippen molar-refractivity contribution in [2.75, 3.05) is 11.9 Å². The van der Waals surface area contributed by atoms with Crippen LogP contribution < -0.4 is 5.32 Å². The van der Waals surface area contributed by atoms with E-state index in [1.807, 2.05) is 69.3 Å². The number of benzene rings is 2. The van der Waals surface area contributed by atoms with Crippen molar-refractivity contribution in [3.05, 3.63) is 65.2 Å². The van der Waals surface area contributed by atoms with E-state index in [1.165, 1.54) is 10.5 Å². The van der Waals surface area contributed by atoms with Crippen molar-refractivity contribution < 1.29 is 9.59 Å². The minimum absolute atomic E-state index is 0.0409. The zero-order chi connectivity index (χ0) is 21.4. The number of hydrogen-bond acceptors (Lipinski definition) is 3. The minimum atomic E-state index is -0.779. The average molecular weight is 392 g/mol. The Morgan fingerprint density at radius 1 is 1.10 bits per heavy atom. The summed E-state index contributed by atoms with van der Waals surface area (Å²) in [5.74, 6) is -0.463. The molecule has 1 aliphatic rings. The van der Waals surface area contributed by atoms with Gasteiger partial charge in [0, 0.05) is 11.3 Å². The lowest BCUT2D eigenvalue weighted by atomic mass is 9.86. The third-order valence-corrected chi connectivity index (χ3v) is 5.12. The Morgan fingerprint density at radius 3 is 2.34 bits per heavy atom. The number of rotatable bonds is 4. The number of anilines is 1. The van der Waals surface area contributed by atoms with Crippen molar-refractivity contribution in [1.29, 1.82) is 0 Å². The average Bonchev–Trinajstić information content (AvgIpc) is 2.84. The summed E-state index contributed by atoms with van der Waals surface area (Å²) in [7, 11) is 0. The zero-order valence-corrected chi connectivity index (χ0v) is 18.0. The molecular formula is C24H29N3O2. The minimum Gasteiger partial charge on any atom is -0.325 e. The third kappa shape index (κ3) is 4.56. The van der Waals surface area contributed by atoms with Crippen molar-refractivity contribution in [3.63, 3.8) is 0 Å². The first-order valence-electron chi connectivity index (χ1n) is 9.87. The first kappa shape index (κ1) is 20.8. The molecule has 0 atom stereocenters. The number of aliphatic imine (C=N–C) groups is 1. The van der Waals surface area contributed by atoms with Gasteiger partial charge in [0.2, 0.25) is 5.91 Å². The summed E-state index contributed by atoms with van der Waals surface area (Å²) in [6.07, 6.45) is 0. The predicted molar refractivity (Wildman–Crippen MR) is 117 cm³/mol. The molecule has 0 bridgehead atoms. The lowest BCUT2D eigenvalue weighted by Crippen LogP contribution is -2.46. The van der Waals surface area contributed by atoms with E-state index in [2.05, 4.69) is 31.1 Å². The Bertz CT molecular complexity index is 966. The molecule has 0 fully saturated rings. The van der Waals surface area contributed by atoms with Crippen molar-refractivity contribution in [1.82, 2.24) is 4.90 Å². The largest absolute Gasteiger partial charge is 0.325 e. The van der Waals surface area contributed by atoms with Crippen LogP contribution in [0.4, 0.5) is 5.69 Å². The molecule has 0 unspecified atom stereocenters. The van der Waals surface area contributed by atoms with E-state index >= 15 is 0 Å². The maximum atomic E-state index is 13.1. The van der Waals surface area contributed by atoms with Crippen LogP contribution in [-0.2, 0) is 15.0 Å². The predicted octanol–water partition coefficient (Wildman–Crippen LogP) is 4.30. The van der Waals surface area contributed by atoms with Crippen LogP contribution in [-0.4, -0.2) is 34.6 Å². The number of nitrogens with one attached hydrogen (secondary N) is 1. The molecule has 3 rings (SSSR count).